The molecule has 0 amide bonds. The fourth-order valence-electron chi connectivity index (χ4n) is 1.20. The molecule has 0 aliphatic heterocycles. The van der Waals surface area contributed by atoms with E-state index in [4.69, 9.17) is 4.74 Å². The van der Waals surface area contributed by atoms with Crippen molar-refractivity contribution in [2.45, 2.75) is 13.5 Å². The van der Waals surface area contributed by atoms with Gasteiger partial charge in [0, 0.05) is 31.7 Å². The van der Waals surface area contributed by atoms with Gasteiger partial charge in [0.15, 0.2) is 0 Å². The van der Waals surface area contributed by atoms with Gasteiger partial charge in [-0.05, 0) is 17.4 Å². The lowest BCUT2D eigenvalue weighted by Gasteiger charge is -2.10. The Balaban J connectivity index is 2.07. The van der Waals surface area contributed by atoms with Crippen LogP contribution in [0.25, 0.3) is 0 Å². The lowest BCUT2D eigenvalue weighted by Crippen LogP contribution is -2.22. The molecule has 0 radical (unpaired) electrons. The summed E-state index contributed by atoms with van der Waals surface area (Å²) in [4.78, 5) is 1.39. The van der Waals surface area contributed by atoms with E-state index in [-0.39, 0.29) is 0 Å². The van der Waals surface area contributed by atoms with Crippen LogP contribution in [-0.2, 0) is 11.3 Å². The first kappa shape index (κ1) is 10.7. The van der Waals surface area contributed by atoms with E-state index in [1.54, 1.807) is 18.4 Å². The second-order valence-electron chi connectivity index (χ2n) is 3.27. The van der Waals surface area contributed by atoms with Crippen molar-refractivity contribution in [3.63, 3.8) is 0 Å². The highest BCUT2D eigenvalue weighted by molar-refractivity contribution is 7.09. The minimum absolute atomic E-state index is 0.588. The van der Waals surface area contributed by atoms with Crippen molar-refractivity contribution in [2.24, 2.45) is 5.92 Å². The zero-order valence-electron chi connectivity index (χ0n) is 8.25. The third kappa shape index (κ3) is 4.41. The quantitative estimate of drug-likeness (QED) is 0.757. The topological polar surface area (TPSA) is 21.3 Å². The van der Waals surface area contributed by atoms with Crippen molar-refractivity contribution in [2.75, 3.05) is 20.3 Å². The van der Waals surface area contributed by atoms with Crippen molar-refractivity contribution in [1.82, 2.24) is 5.32 Å². The summed E-state index contributed by atoms with van der Waals surface area (Å²) in [6, 6.07) is 4.24. The number of methoxy groups -OCH3 is 1. The summed E-state index contributed by atoms with van der Waals surface area (Å²) in [5, 5.41) is 5.51. The van der Waals surface area contributed by atoms with Crippen LogP contribution in [0.1, 0.15) is 11.8 Å². The SMILES string of the molecule is COCC(C)CNCc1cccs1. The average molecular weight is 199 g/mol. The fourth-order valence-corrected chi connectivity index (χ4v) is 1.87. The second-order valence-corrected chi connectivity index (χ2v) is 4.30. The molecule has 13 heavy (non-hydrogen) atoms. The third-order valence-electron chi connectivity index (χ3n) is 1.82. The van der Waals surface area contributed by atoms with Crippen LogP contribution in [0.2, 0.25) is 0 Å². The Bertz CT molecular complexity index is 211. The van der Waals surface area contributed by atoms with Crippen LogP contribution < -0.4 is 5.32 Å². The van der Waals surface area contributed by atoms with Crippen LogP contribution >= 0.6 is 11.3 Å². The van der Waals surface area contributed by atoms with Gasteiger partial charge in [0.05, 0.1) is 0 Å². The molecule has 0 spiro atoms. The predicted molar refractivity (Wildman–Crippen MR) is 57.1 cm³/mol. The normalized spacial score (nSPS) is 13.1. The Hall–Kier alpha value is -0.380. The minimum Gasteiger partial charge on any atom is -0.384 e. The summed E-state index contributed by atoms with van der Waals surface area (Å²) in [7, 11) is 1.75. The summed E-state index contributed by atoms with van der Waals surface area (Å²) < 4.78 is 5.05. The zero-order valence-corrected chi connectivity index (χ0v) is 9.06. The van der Waals surface area contributed by atoms with E-state index in [1.807, 2.05) is 0 Å². The van der Waals surface area contributed by atoms with Gasteiger partial charge in [-0.25, -0.2) is 0 Å². The molecule has 0 aromatic carbocycles. The molecule has 3 heteroatoms. The number of nitrogens with one attached hydrogen (secondary N) is 1. The van der Waals surface area contributed by atoms with Crippen LogP contribution in [0.3, 0.4) is 0 Å². The summed E-state index contributed by atoms with van der Waals surface area (Å²) in [5.41, 5.74) is 0. The molecule has 1 aromatic rings. The van der Waals surface area contributed by atoms with Gasteiger partial charge in [0.1, 0.15) is 0 Å². The Kier molecular flexibility index (Phi) is 5.05. The molecule has 0 saturated heterocycles. The highest BCUT2D eigenvalue weighted by atomic mass is 32.1. The van der Waals surface area contributed by atoms with Gasteiger partial charge in [-0.2, -0.15) is 0 Å². The van der Waals surface area contributed by atoms with Gasteiger partial charge < -0.3 is 10.1 Å². The lowest BCUT2D eigenvalue weighted by atomic mass is 10.2. The summed E-state index contributed by atoms with van der Waals surface area (Å²) >= 11 is 1.79. The first-order valence-corrected chi connectivity index (χ1v) is 5.43. The van der Waals surface area contributed by atoms with E-state index in [9.17, 15) is 0 Å². The van der Waals surface area contributed by atoms with Gasteiger partial charge in [0.2, 0.25) is 0 Å². The molecular weight excluding hydrogens is 182 g/mol. The zero-order chi connectivity index (χ0) is 9.52. The molecule has 2 nitrogen and oxygen atoms in total. The molecule has 1 rings (SSSR count). The monoisotopic (exact) mass is 199 g/mol. The number of hydrogen-bond donors (Lipinski definition) is 1. The van der Waals surface area contributed by atoms with Crippen LogP contribution in [0, 0.1) is 5.92 Å². The van der Waals surface area contributed by atoms with Gasteiger partial charge >= 0.3 is 0 Å². The fraction of sp³-hybridized carbons (Fsp3) is 0.600. The highest BCUT2D eigenvalue weighted by Gasteiger charge is 2.00. The molecule has 1 heterocycles. The molecule has 1 aromatic heterocycles. The maximum Gasteiger partial charge on any atom is 0.0499 e. The maximum absolute atomic E-state index is 5.05. The molecule has 74 valence electrons. The van der Waals surface area contributed by atoms with Gasteiger partial charge in [-0.3, -0.25) is 0 Å². The van der Waals surface area contributed by atoms with E-state index in [2.05, 4.69) is 29.8 Å². The standard InChI is InChI=1S/C10H17NOS/c1-9(8-12-2)6-11-7-10-4-3-5-13-10/h3-5,9,11H,6-8H2,1-2H3. The van der Waals surface area contributed by atoms with Crippen LogP contribution in [0.15, 0.2) is 17.5 Å². The van der Waals surface area contributed by atoms with E-state index >= 15 is 0 Å². The number of ether oxygens (including phenoxy) is 1. The lowest BCUT2D eigenvalue weighted by molar-refractivity contribution is 0.158. The Morgan fingerprint density at radius 2 is 2.46 bits per heavy atom. The van der Waals surface area contributed by atoms with E-state index < -0.39 is 0 Å². The first-order chi connectivity index (χ1) is 6.33. The van der Waals surface area contributed by atoms with E-state index in [0.29, 0.717) is 5.92 Å². The average Bonchev–Trinajstić information content (AvgIpc) is 2.57. The van der Waals surface area contributed by atoms with Gasteiger partial charge in [-0.15, -0.1) is 11.3 Å². The molecule has 0 aliphatic rings. The number of hydrogen-bond acceptors (Lipinski definition) is 3. The predicted octanol–water partition coefficient (Wildman–Crippen LogP) is 2.12. The molecule has 0 bridgehead atoms. The number of rotatable bonds is 6. The number of thiophene rings is 1. The molecule has 1 unspecified atom stereocenters. The second kappa shape index (κ2) is 6.13. The van der Waals surface area contributed by atoms with Crippen molar-refractivity contribution in [3.8, 4) is 0 Å². The van der Waals surface area contributed by atoms with Crippen LogP contribution in [-0.4, -0.2) is 20.3 Å². The van der Waals surface area contributed by atoms with E-state index in [0.717, 1.165) is 19.7 Å². The minimum atomic E-state index is 0.588. The van der Waals surface area contributed by atoms with Gasteiger partial charge in [0.25, 0.3) is 0 Å². The van der Waals surface area contributed by atoms with Crippen molar-refractivity contribution >= 4 is 11.3 Å². The van der Waals surface area contributed by atoms with Crippen molar-refractivity contribution in [1.29, 1.82) is 0 Å². The third-order valence-corrected chi connectivity index (χ3v) is 2.70. The largest absolute Gasteiger partial charge is 0.384 e. The first-order valence-electron chi connectivity index (χ1n) is 4.55. The molecular formula is C10H17NOS. The Morgan fingerprint density at radius 3 is 3.08 bits per heavy atom. The Morgan fingerprint density at radius 1 is 1.62 bits per heavy atom. The highest BCUT2D eigenvalue weighted by Crippen LogP contribution is 2.07. The summed E-state index contributed by atoms with van der Waals surface area (Å²) in [6.45, 7) is 5.01. The maximum atomic E-state index is 5.05. The van der Waals surface area contributed by atoms with Crippen LogP contribution in [0.4, 0.5) is 0 Å². The van der Waals surface area contributed by atoms with Crippen LogP contribution in [0.5, 0.6) is 0 Å². The summed E-state index contributed by atoms with van der Waals surface area (Å²) in [6.07, 6.45) is 0. The molecule has 0 aliphatic carbocycles. The molecule has 0 fully saturated rings. The Labute approximate surface area is 83.9 Å². The summed E-state index contributed by atoms with van der Waals surface area (Å²) in [5.74, 6) is 0.588. The van der Waals surface area contributed by atoms with Crippen molar-refractivity contribution < 1.29 is 4.74 Å². The molecule has 0 saturated carbocycles. The molecule has 1 atom stereocenters. The molecule has 1 N–H and O–H groups in total. The van der Waals surface area contributed by atoms with E-state index in [1.165, 1.54) is 4.88 Å². The smallest absolute Gasteiger partial charge is 0.0499 e. The van der Waals surface area contributed by atoms with Gasteiger partial charge in [-0.1, -0.05) is 13.0 Å². The van der Waals surface area contributed by atoms with Crippen molar-refractivity contribution in [3.05, 3.63) is 22.4 Å².